The molecule has 30 heavy (non-hydrogen) atoms. The molecule has 2 rings (SSSR count). The van der Waals surface area contributed by atoms with E-state index in [9.17, 15) is 15.0 Å². The second-order valence-electron chi connectivity index (χ2n) is 9.66. The van der Waals surface area contributed by atoms with Gasteiger partial charge in [0.05, 0.1) is 18.8 Å². The third-order valence-electron chi connectivity index (χ3n) is 6.31. The Morgan fingerprint density at radius 1 is 1.17 bits per heavy atom. The Labute approximate surface area is 187 Å². The zero-order chi connectivity index (χ0) is 22.3. The van der Waals surface area contributed by atoms with Gasteiger partial charge in [0.2, 0.25) is 0 Å². The predicted octanol–water partition coefficient (Wildman–Crippen LogP) is 5.32. The van der Waals surface area contributed by atoms with Crippen LogP contribution in [0.15, 0.2) is 24.3 Å². The van der Waals surface area contributed by atoms with Crippen molar-refractivity contribution >= 4 is 17.6 Å². The van der Waals surface area contributed by atoms with Crippen LogP contribution in [0, 0.1) is 5.92 Å². The fourth-order valence-electron chi connectivity index (χ4n) is 4.46. The lowest BCUT2D eigenvalue weighted by molar-refractivity contribution is -0.147. The van der Waals surface area contributed by atoms with E-state index in [0.29, 0.717) is 12.8 Å². The summed E-state index contributed by atoms with van der Waals surface area (Å²) in [6.07, 6.45) is 5.59. The van der Waals surface area contributed by atoms with Crippen LogP contribution in [-0.4, -0.2) is 40.4 Å². The number of esters is 1. The van der Waals surface area contributed by atoms with Crippen LogP contribution in [0.1, 0.15) is 89.7 Å². The van der Waals surface area contributed by atoms with Crippen molar-refractivity contribution in [2.45, 2.75) is 102 Å². The van der Waals surface area contributed by atoms with Crippen LogP contribution in [-0.2, 0) is 14.9 Å². The van der Waals surface area contributed by atoms with Crippen molar-refractivity contribution in [1.82, 2.24) is 0 Å². The molecule has 1 aromatic carbocycles. The van der Waals surface area contributed by atoms with E-state index >= 15 is 0 Å². The molecule has 170 valence electrons. The minimum absolute atomic E-state index is 0.0143. The van der Waals surface area contributed by atoms with Crippen LogP contribution < -0.4 is 0 Å². The Morgan fingerprint density at radius 2 is 1.80 bits per heavy atom. The lowest BCUT2D eigenvalue weighted by Gasteiger charge is -2.26. The van der Waals surface area contributed by atoms with Gasteiger partial charge in [-0.1, -0.05) is 57.4 Å². The first-order valence-electron chi connectivity index (χ1n) is 11.4. The van der Waals surface area contributed by atoms with Crippen molar-refractivity contribution < 1.29 is 19.7 Å². The van der Waals surface area contributed by atoms with E-state index < -0.39 is 6.10 Å². The van der Waals surface area contributed by atoms with E-state index in [1.165, 1.54) is 0 Å². The molecule has 1 saturated carbocycles. The van der Waals surface area contributed by atoms with E-state index in [1.807, 2.05) is 27.7 Å². The summed E-state index contributed by atoms with van der Waals surface area (Å²) in [5, 5.41) is 20.2. The molecule has 4 unspecified atom stereocenters. The summed E-state index contributed by atoms with van der Waals surface area (Å²) in [4.78, 5) is 11.6. The highest BCUT2D eigenvalue weighted by Gasteiger charge is 2.41. The highest BCUT2D eigenvalue weighted by atomic mass is 35.5. The first-order valence-corrected chi connectivity index (χ1v) is 11.8. The molecule has 0 aromatic heterocycles. The smallest absolute Gasteiger partial charge is 0.306 e. The molecule has 1 aromatic rings. The summed E-state index contributed by atoms with van der Waals surface area (Å²) in [6.45, 7) is 7.88. The number of aliphatic hydroxyl groups is 2. The SMILES string of the molecule is CC(C)OC(=O)CCCCCCC1C(Cl)CC(O)C1c1ccc(C(C)(C)CO)cc1. The van der Waals surface area contributed by atoms with Crippen LogP contribution in [0.4, 0.5) is 0 Å². The van der Waals surface area contributed by atoms with Crippen LogP contribution >= 0.6 is 11.6 Å². The van der Waals surface area contributed by atoms with E-state index in [0.717, 1.165) is 43.2 Å². The molecule has 1 aliphatic carbocycles. The largest absolute Gasteiger partial charge is 0.463 e. The number of hydrogen-bond donors (Lipinski definition) is 2. The van der Waals surface area contributed by atoms with E-state index in [-0.39, 0.29) is 41.3 Å². The molecule has 4 nitrogen and oxygen atoms in total. The minimum atomic E-state index is -0.417. The highest BCUT2D eigenvalue weighted by Crippen LogP contribution is 2.45. The van der Waals surface area contributed by atoms with Gasteiger partial charge in [-0.05, 0) is 50.2 Å². The first-order chi connectivity index (χ1) is 14.2. The molecule has 0 radical (unpaired) electrons. The molecular formula is C25H39ClO4. The van der Waals surface area contributed by atoms with Crippen molar-refractivity contribution in [2.24, 2.45) is 5.92 Å². The Balaban J connectivity index is 1.87. The van der Waals surface area contributed by atoms with Gasteiger partial charge < -0.3 is 14.9 Å². The van der Waals surface area contributed by atoms with Gasteiger partial charge in [-0.15, -0.1) is 11.6 Å². The predicted molar refractivity (Wildman–Crippen MR) is 122 cm³/mol. The number of unbranched alkanes of at least 4 members (excludes halogenated alkanes) is 3. The number of carbonyl (C=O) groups excluding carboxylic acids is 1. The van der Waals surface area contributed by atoms with Crippen LogP contribution in [0.3, 0.4) is 0 Å². The zero-order valence-corrected chi connectivity index (χ0v) is 19.7. The minimum Gasteiger partial charge on any atom is -0.463 e. The third kappa shape index (κ3) is 6.96. The summed E-state index contributed by atoms with van der Waals surface area (Å²) in [6, 6.07) is 8.30. The van der Waals surface area contributed by atoms with E-state index in [1.54, 1.807) is 0 Å². The van der Waals surface area contributed by atoms with Crippen molar-refractivity contribution in [3.63, 3.8) is 0 Å². The fraction of sp³-hybridized carbons (Fsp3) is 0.720. The molecule has 1 fully saturated rings. The average Bonchev–Trinajstić information content (AvgIpc) is 2.97. The van der Waals surface area contributed by atoms with Crippen LogP contribution in [0.25, 0.3) is 0 Å². The second kappa shape index (κ2) is 11.5. The van der Waals surface area contributed by atoms with Gasteiger partial charge in [0.15, 0.2) is 0 Å². The maximum absolute atomic E-state index is 11.6. The Bertz CT molecular complexity index is 656. The summed E-state index contributed by atoms with van der Waals surface area (Å²) >= 11 is 6.62. The number of halogens is 1. The van der Waals surface area contributed by atoms with E-state index in [4.69, 9.17) is 16.3 Å². The topological polar surface area (TPSA) is 66.8 Å². The normalized spacial score (nSPS) is 24.4. The number of rotatable bonds is 11. The lowest BCUT2D eigenvalue weighted by atomic mass is 9.81. The lowest BCUT2D eigenvalue weighted by Crippen LogP contribution is -2.23. The molecule has 5 heteroatoms. The maximum atomic E-state index is 11.6. The summed E-state index contributed by atoms with van der Waals surface area (Å²) < 4.78 is 5.17. The van der Waals surface area contributed by atoms with Gasteiger partial charge in [-0.25, -0.2) is 0 Å². The number of alkyl halides is 1. The second-order valence-corrected chi connectivity index (χ2v) is 10.2. The fourth-order valence-corrected chi connectivity index (χ4v) is 4.93. The number of carbonyl (C=O) groups is 1. The van der Waals surface area contributed by atoms with Gasteiger partial charge >= 0.3 is 5.97 Å². The van der Waals surface area contributed by atoms with Crippen molar-refractivity contribution in [3.8, 4) is 0 Å². The summed E-state index contributed by atoms with van der Waals surface area (Å²) in [5.74, 6) is 0.196. The molecule has 0 bridgehead atoms. The van der Waals surface area contributed by atoms with Gasteiger partial charge in [0.1, 0.15) is 0 Å². The Kier molecular flexibility index (Phi) is 9.65. The molecule has 4 atom stereocenters. The summed E-state index contributed by atoms with van der Waals surface area (Å²) in [5.41, 5.74) is 1.95. The van der Waals surface area contributed by atoms with E-state index in [2.05, 4.69) is 24.3 Å². The molecule has 2 N–H and O–H groups in total. The van der Waals surface area contributed by atoms with Crippen LogP contribution in [0.5, 0.6) is 0 Å². The van der Waals surface area contributed by atoms with Gasteiger partial charge in [0.25, 0.3) is 0 Å². The van der Waals surface area contributed by atoms with Crippen molar-refractivity contribution in [2.75, 3.05) is 6.61 Å². The van der Waals surface area contributed by atoms with Gasteiger partial charge in [-0.3, -0.25) is 4.79 Å². The number of ether oxygens (including phenoxy) is 1. The zero-order valence-electron chi connectivity index (χ0n) is 18.9. The molecular weight excluding hydrogens is 400 g/mol. The van der Waals surface area contributed by atoms with Crippen molar-refractivity contribution in [1.29, 1.82) is 0 Å². The van der Waals surface area contributed by atoms with Crippen LogP contribution in [0.2, 0.25) is 0 Å². The maximum Gasteiger partial charge on any atom is 0.306 e. The molecule has 0 spiro atoms. The average molecular weight is 439 g/mol. The first kappa shape index (κ1) is 25.2. The Morgan fingerprint density at radius 3 is 2.40 bits per heavy atom. The quantitative estimate of drug-likeness (QED) is 0.278. The third-order valence-corrected chi connectivity index (χ3v) is 6.82. The molecule has 0 amide bonds. The molecule has 0 heterocycles. The van der Waals surface area contributed by atoms with Gasteiger partial charge in [-0.2, -0.15) is 0 Å². The van der Waals surface area contributed by atoms with Crippen molar-refractivity contribution in [3.05, 3.63) is 35.4 Å². The number of benzene rings is 1. The monoisotopic (exact) mass is 438 g/mol. The Hall–Kier alpha value is -1.10. The number of aliphatic hydroxyl groups excluding tert-OH is 2. The summed E-state index contributed by atoms with van der Waals surface area (Å²) in [7, 11) is 0. The molecule has 0 saturated heterocycles. The van der Waals surface area contributed by atoms with Gasteiger partial charge in [0, 0.05) is 23.1 Å². The standard InChI is InChI=1S/C25H39ClO4/c1-17(2)30-23(29)10-8-6-5-7-9-20-21(26)15-22(28)24(20)18-11-13-19(14-12-18)25(3,4)16-27/h11-14,17,20-22,24,27-28H,5-10,15-16H2,1-4H3. The number of hydrogen-bond acceptors (Lipinski definition) is 4. The molecule has 1 aliphatic rings. The molecule has 0 aliphatic heterocycles. The highest BCUT2D eigenvalue weighted by molar-refractivity contribution is 6.21.